The van der Waals surface area contributed by atoms with Gasteiger partial charge in [0.2, 0.25) is 11.8 Å². The predicted molar refractivity (Wildman–Crippen MR) is 190 cm³/mol. The van der Waals surface area contributed by atoms with Gasteiger partial charge in [0.1, 0.15) is 0 Å². The summed E-state index contributed by atoms with van der Waals surface area (Å²) in [5.41, 5.74) is 2.03. The molecule has 4 nitrogen and oxygen atoms in total. The first-order chi connectivity index (χ1) is 21.2. The lowest BCUT2D eigenvalue weighted by molar-refractivity contribution is -0.120. The normalized spacial score (nSPS) is 17.9. The summed E-state index contributed by atoms with van der Waals surface area (Å²) >= 11 is 0. The summed E-state index contributed by atoms with van der Waals surface area (Å²) in [6.07, 6.45) is 18.1. The van der Waals surface area contributed by atoms with E-state index in [9.17, 15) is 9.59 Å². The molecule has 2 N–H and O–H groups in total. The second-order valence-corrected chi connectivity index (χ2v) is 16.8. The number of anilines is 2. The molecule has 0 radical (unpaired) electrons. The van der Waals surface area contributed by atoms with Gasteiger partial charge in [0.05, 0.1) is 11.4 Å². The second-order valence-electron chi connectivity index (χ2n) is 14.6. The fourth-order valence-corrected chi connectivity index (χ4v) is 9.54. The quantitative estimate of drug-likeness (QED) is 0.191. The van der Waals surface area contributed by atoms with Gasteiger partial charge in [-0.25, -0.2) is 0 Å². The molecule has 2 aromatic rings. The van der Waals surface area contributed by atoms with Crippen LogP contribution in [0.2, 0.25) is 0 Å². The van der Waals surface area contributed by atoms with E-state index < -0.39 is 0 Å². The molecule has 6 heteroatoms. The molecule has 4 rings (SSSR count). The zero-order valence-electron chi connectivity index (χ0n) is 27.7. The van der Waals surface area contributed by atoms with E-state index in [1.165, 1.54) is 77.0 Å². The average molecular weight is 637 g/mol. The van der Waals surface area contributed by atoms with Crippen LogP contribution in [0.15, 0.2) is 58.3 Å². The minimum atomic E-state index is 0.135. The van der Waals surface area contributed by atoms with Crippen molar-refractivity contribution in [1.29, 1.82) is 0 Å². The molecule has 242 valence electrons. The maximum Gasteiger partial charge on any atom is 0.224 e. The van der Waals surface area contributed by atoms with Crippen molar-refractivity contribution in [1.82, 2.24) is 0 Å². The van der Waals surface area contributed by atoms with Gasteiger partial charge >= 0.3 is 0 Å². The third-order valence-electron chi connectivity index (χ3n) is 9.95. The van der Waals surface area contributed by atoms with Crippen LogP contribution in [0.3, 0.4) is 0 Å². The van der Waals surface area contributed by atoms with Crippen molar-refractivity contribution < 1.29 is 9.59 Å². The van der Waals surface area contributed by atoms with Gasteiger partial charge in [0.15, 0.2) is 0 Å². The van der Waals surface area contributed by atoms with Gasteiger partial charge in [0.25, 0.3) is 0 Å². The molecule has 0 unspecified atom stereocenters. The molecule has 2 aliphatic rings. The summed E-state index contributed by atoms with van der Waals surface area (Å²) in [7, 11) is 3.28. The maximum absolute atomic E-state index is 13.4. The van der Waals surface area contributed by atoms with Crippen LogP contribution in [0, 0.1) is 22.7 Å². The van der Waals surface area contributed by atoms with Gasteiger partial charge in [-0.3, -0.25) is 9.59 Å². The molecule has 0 aromatic heterocycles. The number of carbonyl (C=O) groups is 2. The number of nitrogens with one attached hydrogen (secondary N) is 2. The van der Waals surface area contributed by atoms with Crippen LogP contribution in [0.1, 0.15) is 130 Å². The first kappa shape index (κ1) is 34.9. The molecular formula is C38H56N2O2S2. The van der Waals surface area contributed by atoms with Crippen molar-refractivity contribution in [2.24, 2.45) is 22.7 Å². The van der Waals surface area contributed by atoms with Gasteiger partial charge in [-0.05, 0) is 85.5 Å². The molecule has 0 aliphatic heterocycles. The molecule has 0 spiro atoms. The number of rotatable bonds is 15. The Morgan fingerprint density at radius 2 is 0.977 bits per heavy atom. The Hall–Kier alpha value is -1.92. The van der Waals surface area contributed by atoms with E-state index in [-0.39, 0.29) is 22.6 Å². The smallest absolute Gasteiger partial charge is 0.224 e. The highest BCUT2D eigenvalue weighted by Gasteiger charge is 2.35. The number of benzene rings is 2. The van der Waals surface area contributed by atoms with Crippen LogP contribution < -0.4 is 10.6 Å². The highest BCUT2D eigenvalue weighted by molar-refractivity contribution is 8.76. The van der Waals surface area contributed by atoms with Crippen LogP contribution >= 0.6 is 21.6 Å². The molecule has 2 aliphatic carbocycles. The highest BCUT2D eigenvalue weighted by atomic mass is 33.1. The minimum Gasteiger partial charge on any atom is -0.325 e. The lowest BCUT2D eigenvalue weighted by Crippen LogP contribution is -2.30. The third-order valence-corrected chi connectivity index (χ3v) is 12.4. The van der Waals surface area contributed by atoms with Gasteiger partial charge in [-0.15, -0.1) is 0 Å². The predicted octanol–water partition coefficient (Wildman–Crippen LogP) is 11.9. The first-order valence-corrected chi connectivity index (χ1v) is 19.4. The number of hydrogen-bond donors (Lipinski definition) is 2. The van der Waals surface area contributed by atoms with E-state index in [1.54, 1.807) is 21.6 Å². The Morgan fingerprint density at radius 1 is 0.614 bits per heavy atom. The number of hydrogen-bond acceptors (Lipinski definition) is 4. The first-order valence-electron chi connectivity index (χ1n) is 17.3. The van der Waals surface area contributed by atoms with E-state index in [0.717, 1.165) is 34.0 Å². The van der Waals surface area contributed by atoms with Gasteiger partial charge in [-0.2, -0.15) is 0 Å². The molecule has 0 atom stereocenters. The van der Waals surface area contributed by atoms with Crippen molar-refractivity contribution in [3.63, 3.8) is 0 Å². The third kappa shape index (κ3) is 10.9. The molecule has 2 fully saturated rings. The fourth-order valence-electron chi connectivity index (χ4n) is 7.27. The van der Waals surface area contributed by atoms with E-state index >= 15 is 0 Å². The average Bonchev–Trinajstić information content (AvgIpc) is 3.00. The standard InChI is InChI=1S/C38H56N2O2S2/c1-29(2)19-25-37(21-11-5-12-22-37)27-35(41)39-31-15-7-9-17-33(31)43-44-34-18-10-8-16-32(34)40-36(42)28-38(26-20-30(3)4)23-13-6-14-24-38/h7-10,15-18,29-30H,5-6,11-14,19-28H2,1-4H3,(H,39,41)(H,40,42). The summed E-state index contributed by atoms with van der Waals surface area (Å²) < 4.78 is 0. The summed E-state index contributed by atoms with van der Waals surface area (Å²) in [6.45, 7) is 9.14. The number of para-hydroxylation sites is 2. The number of amides is 2. The largest absolute Gasteiger partial charge is 0.325 e. The van der Waals surface area contributed by atoms with Gasteiger partial charge in [0, 0.05) is 22.6 Å². The molecule has 0 saturated heterocycles. The molecule has 2 saturated carbocycles. The molecule has 0 bridgehead atoms. The monoisotopic (exact) mass is 636 g/mol. The SMILES string of the molecule is CC(C)CCC1(CC(=O)Nc2ccccc2SSc2ccccc2NC(=O)CC2(CCC(C)C)CCCCC2)CCCCC1. The summed E-state index contributed by atoms with van der Waals surface area (Å²) in [4.78, 5) is 28.9. The lowest BCUT2D eigenvalue weighted by Gasteiger charge is -2.37. The Morgan fingerprint density at radius 3 is 1.34 bits per heavy atom. The van der Waals surface area contributed by atoms with Gasteiger partial charge in [-0.1, -0.05) is 125 Å². The van der Waals surface area contributed by atoms with Gasteiger partial charge < -0.3 is 10.6 Å². The van der Waals surface area contributed by atoms with Crippen LogP contribution in [-0.4, -0.2) is 11.8 Å². The zero-order chi connectivity index (χ0) is 31.4. The Bertz CT molecular complexity index is 1110. The zero-order valence-corrected chi connectivity index (χ0v) is 29.4. The lowest BCUT2D eigenvalue weighted by atomic mass is 9.68. The maximum atomic E-state index is 13.4. The van der Waals surface area contributed by atoms with Crippen molar-refractivity contribution in [3.05, 3.63) is 48.5 Å². The summed E-state index contributed by atoms with van der Waals surface area (Å²) in [5.74, 6) is 1.60. The Balaban J connectivity index is 1.38. The fraction of sp³-hybridized carbons (Fsp3) is 0.632. The molecule has 2 amide bonds. The minimum absolute atomic E-state index is 0.135. The molecule has 44 heavy (non-hydrogen) atoms. The van der Waals surface area contributed by atoms with Crippen molar-refractivity contribution >= 4 is 44.8 Å². The van der Waals surface area contributed by atoms with Crippen molar-refractivity contribution in [2.75, 3.05) is 10.6 Å². The molecular weight excluding hydrogens is 581 g/mol. The molecule has 2 aromatic carbocycles. The van der Waals surface area contributed by atoms with Crippen LogP contribution in [0.25, 0.3) is 0 Å². The van der Waals surface area contributed by atoms with E-state index in [4.69, 9.17) is 0 Å². The highest BCUT2D eigenvalue weighted by Crippen LogP contribution is 2.47. The molecule has 0 heterocycles. The Kier molecular flexibility index (Phi) is 13.6. The van der Waals surface area contributed by atoms with Crippen molar-refractivity contribution in [2.45, 2.75) is 140 Å². The van der Waals surface area contributed by atoms with Crippen LogP contribution in [0.5, 0.6) is 0 Å². The van der Waals surface area contributed by atoms with Crippen LogP contribution in [0.4, 0.5) is 11.4 Å². The van der Waals surface area contributed by atoms with Crippen molar-refractivity contribution in [3.8, 4) is 0 Å². The van der Waals surface area contributed by atoms with E-state index in [2.05, 4.69) is 50.5 Å². The second kappa shape index (κ2) is 17.1. The topological polar surface area (TPSA) is 58.2 Å². The summed E-state index contributed by atoms with van der Waals surface area (Å²) in [5, 5.41) is 6.56. The van der Waals surface area contributed by atoms with E-state index in [0.29, 0.717) is 24.7 Å². The Labute approximate surface area is 275 Å². The van der Waals surface area contributed by atoms with Crippen LogP contribution in [-0.2, 0) is 9.59 Å². The van der Waals surface area contributed by atoms with E-state index in [1.807, 2.05) is 36.4 Å². The summed E-state index contributed by atoms with van der Waals surface area (Å²) in [6, 6.07) is 16.2. The number of carbonyl (C=O) groups excluding carboxylic acids is 2.